The number of rotatable bonds is 5. The molecule has 1 heterocycles. The highest BCUT2D eigenvalue weighted by Gasteiger charge is 2.28. The highest BCUT2D eigenvalue weighted by molar-refractivity contribution is 5.82. The van der Waals surface area contributed by atoms with Crippen LogP contribution in [0.5, 0.6) is 0 Å². The number of hydrogen-bond acceptors (Lipinski definition) is 3. The summed E-state index contributed by atoms with van der Waals surface area (Å²) in [5, 5.41) is 12.2. The van der Waals surface area contributed by atoms with Crippen LogP contribution in [-0.2, 0) is 0 Å². The van der Waals surface area contributed by atoms with Crippen LogP contribution < -0.4 is 5.32 Å². The molecular weight excluding hydrogens is 252 g/mol. The first-order valence-corrected chi connectivity index (χ1v) is 6.15. The summed E-state index contributed by atoms with van der Waals surface area (Å²) >= 11 is 0. The number of aliphatic hydroxyl groups excluding tert-OH is 1. The Hall–Kier alpha value is -1.46. The topological polar surface area (TPSA) is 45.4 Å². The number of para-hydroxylation sites is 1. The quantitative estimate of drug-likeness (QED) is 0.877. The second-order valence-corrected chi connectivity index (χ2v) is 4.70. The fraction of sp³-hybridized carbons (Fsp3) is 0.429. The number of hydrogen-bond donors (Lipinski definition) is 2. The number of benzene rings is 1. The molecule has 0 radical (unpaired) electrons. The lowest BCUT2D eigenvalue weighted by Gasteiger charge is -2.17. The molecule has 0 bridgehead atoms. The van der Waals surface area contributed by atoms with E-state index in [-0.39, 0.29) is 6.04 Å². The molecule has 0 spiro atoms. The summed E-state index contributed by atoms with van der Waals surface area (Å²) in [4.78, 5) is 0. The van der Waals surface area contributed by atoms with Gasteiger partial charge in [0.2, 0.25) is 0 Å². The fourth-order valence-corrected chi connectivity index (χ4v) is 2.06. The van der Waals surface area contributed by atoms with Crippen LogP contribution in [0, 0.1) is 6.92 Å². The third-order valence-electron chi connectivity index (χ3n) is 3.17. The molecule has 0 aliphatic carbocycles. The molecule has 2 aromatic rings. The molecule has 1 aromatic carbocycles. The zero-order chi connectivity index (χ0) is 14.0. The van der Waals surface area contributed by atoms with Crippen molar-refractivity contribution < 1.29 is 18.3 Å². The van der Waals surface area contributed by atoms with Crippen molar-refractivity contribution in [3.8, 4) is 0 Å². The SMILES string of the molecule is Cc1c(C(C)NCC(F)(F)CO)oc2ccccc12. The molecule has 5 heteroatoms. The van der Waals surface area contributed by atoms with Crippen molar-refractivity contribution in [3.63, 3.8) is 0 Å². The largest absolute Gasteiger partial charge is 0.459 e. The van der Waals surface area contributed by atoms with Crippen LogP contribution in [0.4, 0.5) is 8.78 Å². The number of fused-ring (bicyclic) bond motifs is 1. The van der Waals surface area contributed by atoms with Gasteiger partial charge in [0.25, 0.3) is 5.92 Å². The average Bonchev–Trinajstić information content (AvgIpc) is 2.74. The van der Waals surface area contributed by atoms with E-state index in [1.54, 1.807) is 6.92 Å². The maximum absolute atomic E-state index is 13.0. The Kier molecular flexibility index (Phi) is 3.87. The first-order valence-electron chi connectivity index (χ1n) is 6.15. The summed E-state index contributed by atoms with van der Waals surface area (Å²) in [5.74, 6) is -2.47. The normalized spacial score (nSPS) is 13.9. The highest BCUT2D eigenvalue weighted by Crippen LogP contribution is 2.29. The van der Waals surface area contributed by atoms with Crippen LogP contribution in [-0.4, -0.2) is 24.2 Å². The summed E-state index contributed by atoms with van der Waals surface area (Å²) in [6.07, 6.45) is 0. The van der Waals surface area contributed by atoms with Gasteiger partial charge in [-0.05, 0) is 25.5 Å². The second kappa shape index (κ2) is 5.27. The van der Waals surface area contributed by atoms with Gasteiger partial charge < -0.3 is 14.8 Å². The van der Waals surface area contributed by atoms with Crippen molar-refractivity contribution in [3.05, 3.63) is 35.6 Å². The van der Waals surface area contributed by atoms with E-state index in [9.17, 15) is 8.78 Å². The first kappa shape index (κ1) is 14.0. The summed E-state index contributed by atoms with van der Waals surface area (Å²) in [5.41, 5.74) is 1.69. The zero-order valence-corrected chi connectivity index (χ0v) is 10.9. The lowest BCUT2D eigenvalue weighted by molar-refractivity contribution is -0.0493. The predicted octanol–water partition coefficient (Wildman–Crippen LogP) is 3.02. The summed E-state index contributed by atoms with van der Waals surface area (Å²) in [7, 11) is 0. The molecule has 3 nitrogen and oxygen atoms in total. The maximum Gasteiger partial charge on any atom is 0.282 e. The van der Waals surface area contributed by atoms with Crippen LogP contribution in [0.1, 0.15) is 24.3 Å². The monoisotopic (exact) mass is 269 g/mol. The molecule has 19 heavy (non-hydrogen) atoms. The van der Waals surface area contributed by atoms with E-state index in [1.807, 2.05) is 31.2 Å². The van der Waals surface area contributed by atoms with Gasteiger partial charge >= 0.3 is 0 Å². The van der Waals surface area contributed by atoms with Crippen molar-refractivity contribution in [2.75, 3.05) is 13.2 Å². The lowest BCUT2D eigenvalue weighted by atomic mass is 10.1. The van der Waals surface area contributed by atoms with Crippen molar-refractivity contribution in [1.82, 2.24) is 5.32 Å². The number of nitrogens with one attached hydrogen (secondary N) is 1. The van der Waals surface area contributed by atoms with Crippen molar-refractivity contribution in [2.45, 2.75) is 25.8 Å². The standard InChI is InChI=1S/C14H17F2NO2/c1-9-11-5-3-4-6-12(11)19-13(9)10(2)17-7-14(15,16)8-18/h3-6,10,17-18H,7-8H2,1-2H3. The van der Waals surface area contributed by atoms with E-state index in [2.05, 4.69) is 5.32 Å². The molecule has 0 saturated carbocycles. The predicted molar refractivity (Wildman–Crippen MR) is 69.4 cm³/mol. The molecular formula is C14H17F2NO2. The molecule has 0 saturated heterocycles. The van der Waals surface area contributed by atoms with Gasteiger partial charge in [-0.15, -0.1) is 0 Å². The van der Waals surface area contributed by atoms with Crippen LogP contribution in [0.25, 0.3) is 11.0 Å². The van der Waals surface area contributed by atoms with Gasteiger partial charge in [0, 0.05) is 5.39 Å². The summed E-state index contributed by atoms with van der Waals surface area (Å²) < 4.78 is 31.7. The minimum absolute atomic E-state index is 0.343. The van der Waals surface area contributed by atoms with E-state index in [0.717, 1.165) is 16.5 Å². The Labute approximate surface area is 110 Å². The molecule has 1 aromatic heterocycles. The van der Waals surface area contributed by atoms with E-state index < -0.39 is 19.1 Å². The minimum atomic E-state index is -3.12. The fourth-order valence-electron chi connectivity index (χ4n) is 2.06. The van der Waals surface area contributed by atoms with Gasteiger partial charge in [-0.25, -0.2) is 8.78 Å². The van der Waals surface area contributed by atoms with Crippen LogP contribution in [0.15, 0.2) is 28.7 Å². The Balaban J connectivity index is 2.17. The van der Waals surface area contributed by atoms with Crippen LogP contribution in [0.2, 0.25) is 0 Å². The Morgan fingerprint density at radius 2 is 2.05 bits per heavy atom. The van der Waals surface area contributed by atoms with Gasteiger partial charge in [0.1, 0.15) is 18.0 Å². The molecule has 0 fully saturated rings. The van der Waals surface area contributed by atoms with Crippen molar-refractivity contribution >= 4 is 11.0 Å². The molecule has 2 rings (SSSR count). The maximum atomic E-state index is 13.0. The van der Waals surface area contributed by atoms with Gasteiger partial charge in [-0.2, -0.15) is 0 Å². The Morgan fingerprint density at radius 3 is 2.68 bits per heavy atom. The lowest BCUT2D eigenvalue weighted by Crippen LogP contribution is -2.37. The van der Waals surface area contributed by atoms with E-state index >= 15 is 0 Å². The molecule has 1 unspecified atom stereocenters. The van der Waals surface area contributed by atoms with Gasteiger partial charge in [0.05, 0.1) is 12.6 Å². The van der Waals surface area contributed by atoms with Gasteiger partial charge in [0.15, 0.2) is 0 Å². The molecule has 2 N–H and O–H groups in total. The summed E-state index contributed by atoms with van der Waals surface area (Å²) in [6, 6.07) is 7.22. The molecule has 0 amide bonds. The highest BCUT2D eigenvalue weighted by atomic mass is 19.3. The Morgan fingerprint density at radius 1 is 1.37 bits per heavy atom. The van der Waals surface area contributed by atoms with Crippen LogP contribution >= 0.6 is 0 Å². The number of halogens is 2. The van der Waals surface area contributed by atoms with E-state index in [0.29, 0.717) is 5.76 Å². The molecule has 1 atom stereocenters. The third-order valence-corrected chi connectivity index (χ3v) is 3.17. The number of furan rings is 1. The van der Waals surface area contributed by atoms with Gasteiger partial charge in [-0.3, -0.25) is 0 Å². The molecule has 0 aliphatic heterocycles. The summed E-state index contributed by atoms with van der Waals surface area (Å²) in [6.45, 7) is 1.93. The van der Waals surface area contributed by atoms with Crippen molar-refractivity contribution in [2.24, 2.45) is 0 Å². The smallest absolute Gasteiger partial charge is 0.282 e. The van der Waals surface area contributed by atoms with Gasteiger partial charge in [-0.1, -0.05) is 18.2 Å². The van der Waals surface area contributed by atoms with E-state index in [4.69, 9.17) is 9.52 Å². The zero-order valence-electron chi connectivity index (χ0n) is 10.9. The molecule has 104 valence electrons. The number of aryl methyl sites for hydroxylation is 1. The van der Waals surface area contributed by atoms with Crippen LogP contribution in [0.3, 0.4) is 0 Å². The second-order valence-electron chi connectivity index (χ2n) is 4.70. The third kappa shape index (κ3) is 2.93. The average molecular weight is 269 g/mol. The minimum Gasteiger partial charge on any atom is -0.459 e. The number of alkyl halides is 2. The number of aliphatic hydroxyl groups is 1. The van der Waals surface area contributed by atoms with Crippen molar-refractivity contribution in [1.29, 1.82) is 0 Å². The molecule has 0 aliphatic rings. The Bertz CT molecular complexity index is 566. The first-order chi connectivity index (χ1) is 8.94. The van der Waals surface area contributed by atoms with E-state index in [1.165, 1.54) is 0 Å².